The van der Waals surface area contributed by atoms with Gasteiger partial charge in [-0.05, 0) is 83.8 Å². The zero-order chi connectivity index (χ0) is 20.3. The van der Waals surface area contributed by atoms with E-state index in [1.807, 2.05) is 11.3 Å². The zero-order valence-electron chi connectivity index (χ0n) is 18.8. The molecule has 0 spiro atoms. The Labute approximate surface area is 204 Å². The number of aliphatic imine (C=N–C) groups is 1. The van der Waals surface area contributed by atoms with Gasteiger partial charge in [-0.2, -0.15) is 0 Å². The highest BCUT2D eigenvalue weighted by Gasteiger charge is 2.24. The maximum Gasteiger partial charge on any atom is 0.191 e. The van der Waals surface area contributed by atoms with E-state index in [2.05, 4.69) is 56.8 Å². The highest BCUT2D eigenvalue weighted by atomic mass is 127. The van der Waals surface area contributed by atoms with Gasteiger partial charge in [0, 0.05) is 31.1 Å². The third-order valence-corrected chi connectivity index (χ3v) is 6.95. The lowest BCUT2D eigenvalue weighted by Crippen LogP contribution is -2.40. The second-order valence-electron chi connectivity index (χ2n) is 8.27. The van der Waals surface area contributed by atoms with Gasteiger partial charge in [0.05, 0.1) is 12.6 Å². The number of likely N-dealkylation sites (N-methyl/N-ethyl adjacent to an activating group) is 1. The van der Waals surface area contributed by atoms with Crippen molar-refractivity contribution < 1.29 is 0 Å². The van der Waals surface area contributed by atoms with E-state index in [9.17, 15) is 0 Å². The Kier molecular flexibility index (Phi) is 12.6. The first-order chi connectivity index (χ1) is 14.3. The fraction of sp³-hybridized carbons (Fsp3) is 0.773. The molecule has 0 aromatic carbocycles. The molecule has 8 heteroatoms. The summed E-state index contributed by atoms with van der Waals surface area (Å²) in [5.74, 6) is 0.962. The molecule has 3 heterocycles. The minimum Gasteiger partial charge on any atom is -0.357 e. The van der Waals surface area contributed by atoms with Crippen molar-refractivity contribution in [3.63, 3.8) is 0 Å². The number of guanidine groups is 1. The second kappa shape index (κ2) is 14.6. The van der Waals surface area contributed by atoms with Gasteiger partial charge >= 0.3 is 0 Å². The number of halogens is 1. The van der Waals surface area contributed by atoms with Crippen molar-refractivity contribution in [1.29, 1.82) is 0 Å². The van der Waals surface area contributed by atoms with E-state index in [1.54, 1.807) is 0 Å². The normalized spacial score (nSPS) is 20.5. The standard InChI is InChI=1S/C22H40N6S.HI/c1-3-23-22(24-10-7-12-27-13-8-11-26(2)16-17-27)25-19-20(21-9-6-18-29-21)28-14-4-5-15-28;/h6,9,18,20H,3-5,7-8,10-17,19H2,1-2H3,(H2,23,24,25);1H. The maximum absolute atomic E-state index is 4.96. The van der Waals surface area contributed by atoms with Crippen molar-refractivity contribution in [3.8, 4) is 0 Å². The van der Waals surface area contributed by atoms with Crippen LogP contribution in [-0.4, -0.2) is 93.2 Å². The number of nitrogens with zero attached hydrogens (tertiary/aromatic N) is 4. The summed E-state index contributed by atoms with van der Waals surface area (Å²) in [4.78, 5) is 14.1. The molecule has 1 atom stereocenters. The Balaban J connectivity index is 0.00000320. The van der Waals surface area contributed by atoms with Gasteiger partial charge in [0.15, 0.2) is 5.96 Å². The summed E-state index contributed by atoms with van der Waals surface area (Å²) in [6.07, 6.45) is 5.08. The molecule has 0 aliphatic carbocycles. The number of thiophene rings is 1. The van der Waals surface area contributed by atoms with Gasteiger partial charge in [-0.15, -0.1) is 35.3 Å². The number of hydrogen-bond donors (Lipinski definition) is 2. The van der Waals surface area contributed by atoms with Gasteiger partial charge in [0.1, 0.15) is 0 Å². The van der Waals surface area contributed by atoms with Gasteiger partial charge in [-0.25, -0.2) is 0 Å². The van der Waals surface area contributed by atoms with Crippen molar-refractivity contribution in [1.82, 2.24) is 25.3 Å². The van der Waals surface area contributed by atoms with E-state index in [0.29, 0.717) is 6.04 Å². The predicted octanol–water partition coefficient (Wildman–Crippen LogP) is 3.09. The average Bonchev–Trinajstić information content (AvgIpc) is 3.40. The number of likely N-dealkylation sites (tertiary alicyclic amines) is 1. The quantitative estimate of drug-likeness (QED) is 0.215. The lowest BCUT2D eigenvalue weighted by molar-refractivity contribution is 0.255. The molecule has 2 aliphatic heterocycles. The zero-order valence-corrected chi connectivity index (χ0v) is 22.0. The smallest absolute Gasteiger partial charge is 0.191 e. The molecule has 1 unspecified atom stereocenters. The molecule has 2 aliphatic rings. The summed E-state index contributed by atoms with van der Waals surface area (Å²) >= 11 is 1.86. The predicted molar refractivity (Wildman–Crippen MR) is 140 cm³/mol. The molecule has 172 valence electrons. The molecular weight excluding hydrogens is 507 g/mol. The van der Waals surface area contributed by atoms with E-state index in [0.717, 1.165) is 32.0 Å². The van der Waals surface area contributed by atoms with Crippen LogP contribution >= 0.6 is 35.3 Å². The van der Waals surface area contributed by atoms with Crippen molar-refractivity contribution in [2.24, 2.45) is 4.99 Å². The number of hydrogen-bond acceptors (Lipinski definition) is 5. The molecule has 30 heavy (non-hydrogen) atoms. The first-order valence-corrected chi connectivity index (χ1v) is 12.3. The minimum atomic E-state index is 0. The van der Waals surface area contributed by atoms with Crippen molar-refractivity contribution in [2.75, 3.05) is 72.5 Å². The molecule has 0 bridgehead atoms. The summed E-state index contributed by atoms with van der Waals surface area (Å²) in [5.41, 5.74) is 0. The molecule has 2 fully saturated rings. The summed E-state index contributed by atoms with van der Waals surface area (Å²) in [6, 6.07) is 4.85. The highest BCUT2D eigenvalue weighted by molar-refractivity contribution is 14.0. The summed E-state index contributed by atoms with van der Waals surface area (Å²) in [5, 5.41) is 9.18. The van der Waals surface area contributed by atoms with Gasteiger partial charge in [-0.3, -0.25) is 9.89 Å². The third-order valence-electron chi connectivity index (χ3n) is 5.98. The molecule has 2 N–H and O–H groups in total. The first-order valence-electron chi connectivity index (χ1n) is 11.5. The lowest BCUT2D eigenvalue weighted by Gasteiger charge is -2.25. The number of rotatable bonds is 9. The van der Waals surface area contributed by atoms with Crippen LogP contribution in [0.1, 0.15) is 43.5 Å². The van der Waals surface area contributed by atoms with Crippen molar-refractivity contribution >= 4 is 41.3 Å². The van der Waals surface area contributed by atoms with E-state index < -0.39 is 0 Å². The first kappa shape index (κ1) is 25.8. The van der Waals surface area contributed by atoms with Gasteiger partial charge in [0.25, 0.3) is 0 Å². The molecule has 1 aromatic rings. The van der Waals surface area contributed by atoms with Crippen LogP contribution in [0.15, 0.2) is 22.5 Å². The molecule has 2 saturated heterocycles. The maximum atomic E-state index is 4.96. The van der Waals surface area contributed by atoms with E-state index in [-0.39, 0.29) is 24.0 Å². The van der Waals surface area contributed by atoms with Crippen LogP contribution in [0.25, 0.3) is 0 Å². The van der Waals surface area contributed by atoms with Crippen LogP contribution in [0.4, 0.5) is 0 Å². The Morgan fingerprint density at radius 1 is 1.10 bits per heavy atom. The molecular formula is C22H41IN6S. The van der Waals surface area contributed by atoms with Crippen LogP contribution < -0.4 is 10.6 Å². The monoisotopic (exact) mass is 548 g/mol. The summed E-state index contributed by atoms with van der Waals surface area (Å²) in [7, 11) is 2.23. The van der Waals surface area contributed by atoms with Crippen molar-refractivity contribution in [2.45, 2.75) is 38.6 Å². The Morgan fingerprint density at radius 3 is 2.67 bits per heavy atom. The Hall–Kier alpha value is -0.420. The molecule has 0 saturated carbocycles. The SMILES string of the molecule is CCNC(=NCC(c1cccs1)N1CCCC1)NCCCN1CCCN(C)CC1.I. The molecule has 6 nitrogen and oxygen atoms in total. The van der Waals surface area contributed by atoms with E-state index >= 15 is 0 Å². The van der Waals surface area contributed by atoms with Gasteiger partial charge < -0.3 is 20.4 Å². The Bertz CT molecular complexity index is 590. The molecule has 3 rings (SSSR count). The molecule has 1 aromatic heterocycles. The minimum absolute atomic E-state index is 0. The van der Waals surface area contributed by atoms with Gasteiger partial charge in [-0.1, -0.05) is 6.07 Å². The van der Waals surface area contributed by atoms with Crippen LogP contribution in [0.5, 0.6) is 0 Å². The summed E-state index contributed by atoms with van der Waals surface area (Å²) < 4.78 is 0. The number of nitrogens with one attached hydrogen (secondary N) is 2. The third kappa shape index (κ3) is 8.61. The van der Waals surface area contributed by atoms with E-state index in [4.69, 9.17) is 4.99 Å². The lowest BCUT2D eigenvalue weighted by atomic mass is 10.2. The van der Waals surface area contributed by atoms with Crippen LogP contribution in [0, 0.1) is 0 Å². The fourth-order valence-corrected chi connectivity index (χ4v) is 5.12. The summed E-state index contributed by atoms with van der Waals surface area (Å²) in [6.45, 7) is 13.3. The van der Waals surface area contributed by atoms with Gasteiger partial charge in [0.2, 0.25) is 0 Å². The largest absolute Gasteiger partial charge is 0.357 e. The second-order valence-corrected chi connectivity index (χ2v) is 9.25. The van der Waals surface area contributed by atoms with E-state index in [1.165, 1.54) is 70.0 Å². The highest BCUT2D eigenvalue weighted by Crippen LogP contribution is 2.28. The van der Waals surface area contributed by atoms with Crippen LogP contribution in [0.3, 0.4) is 0 Å². The van der Waals surface area contributed by atoms with Crippen LogP contribution in [0.2, 0.25) is 0 Å². The van der Waals surface area contributed by atoms with Crippen molar-refractivity contribution in [3.05, 3.63) is 22.4 Å². The fourth-order valence-electron chi connectivity index (χ4n) is 4.27. The molecule has 0 radical (unpaired) electrons. The Morgan fingerprint density at radius 2 is 1.93 bits per heavy atom. The topological polar surface area (TPSA) is 46.1 Å². The average molecular weight is 549 g/mol. The van der Waals surface area contributed by atoms with Crippen LogP contribution in [-0.2, 0) is 0 Å². The molecule has 0 amide bonds.